The Morgan fingerprint density at radius 3 is 2.00 bits per heavy atom. The van der Waals surface area contributed by atoms with Crippen molar-refractivity contribution in [2.45, 2.75) is 0 Å². The van der Waals surface area contributed by atoms with Gasteiger partial charge < -0.3 is 5.32 Å². The first-order valence-corrected chi connectivity index (χ1v) is 0.878. The monoisotopic (exact) mass is 65.0 g/mol. The van der Waals surface area contributed by atoms with Crippen LogP contribution in [-0.4, -0.2) is 6.41 Å². The molecule has 0 heterocycles. The van der Waals surface area contributed by atoms with Gasteiger partial charge in [0.2, 0.25) is 0 Å². The summed E-state index contributed by atoms with van der Waals surface area (Å²) in [6.45, 7) is 0. The smallest absolute Gasteiger partial charge is 0.511 e. The van der Waals surface area contributed by atoms with E-state index in [1.54, 1.807) is 0 Å². The van der Waals surface area contributed by atoms with E-state index >= 15 is 0 Å². The van der Waals surface area contributed by atoms with Gasteiger partial charge in [-0.1, -0.05) is 0 Å². The predicted octanol–water partition coefficient (Wildman–Crippen LogP) is -3.47. The molecule has 0 saturated heterocycles. The van der Waals surface area contributed by atoms with Gasteiger partial charge in [-0.05, 0) is 0 Å². The van der Waals surface area contributed by atoms with Gasteiger partial charge >= 0.3 is 18.9 Å². The van der Waals surface area contributed by atoms with Crippen molar-refractivity contribution in [3.05, 3.63) is 7.05 Å². The molecule has 2 nitrogen and oxygen atoms in total. The maximum Gasteiger partial charge on any atom is 1.00 e. The second-order valence-corrected chi connectivity index (χ2v) is 0.322. The van der Waals surface area contributed by atoms with Gasteiger partial charge in [-0.2, -0.15) is 0 Å². The molecule has 0 bridgehead atoms. The van der Waals surface area contributed by atoms with Crippen LogP contribution in [0.2, 0.25) is 0 Å². The van der Waals surface area contributed by atoms with Crippen LogP contribution in [0.25, 0.3) is 0 Å². The molecule has 0 spiro atoms. The predicted molar refractivity (Wildman–Crippen MR) is 14.6 cm³/mol. The molecule has 0 radical (unpaired) electrons. The van der Waals surface area contributed by atoms with E-state index in [-0.39, 0.29) is 18.9 Å². The molecule has 0 atom stereocenters. The summed E-state index contributed by atoms with van der Waals surface area (Å²) in [7, 11) is 2.99. The number of hydrogen-bond acceptors (Lipinski definition) is 1. The zero-order valence-electron chi connectivity index (χ0n) is 3.19. The first-order chi connectivity index (χ1) is 1.91. The molecular weight excluding hydrogens is 61.0 g/mol. The number of hydrogen-bond donors (Lipinski definition) is 1. The molecule has 0 aliphatic carbocycles. The van der Waals surface area contributed by atoms with Crippen LogP contribution in [0.3, 0.4) is 0 Å². The molecule has 3 heteroatoms. The standard InChI is InChI=1S/C2H4NO.Li/c1-3-2-4;/h2H,1H2,(H,3,4);/q-1;+1. The molecular formula is C2H4LiNO. The van der Waals surface area contributed by atoms with Gasteiger partial charge in [-0.15, -0.1) is 0 Å². The van der Waals surface area contributed by atoms with Gasteiger partial charge in [0.25, 0.3) is 0 Å². The Bertz CT molecular complexity index is 23.6. The van der Waals surface area contributed by atoms with E-state index in [1.165, 1.54) is 0 Å². The summed E-state index contributed by atoms with van der Waals surface area (Å²) >= 11 is 0. The van der Waals surface area contributed by atoms with Crippen molar-refractivity contribution in [3.8, 4) is 0 Å². The van der Waals surface area contributed by atoms with Gasteiger partial charge in [0.1, 0.15) is 0 Å². The Hall–Kier alpha value is 0.0674. The fourth-order valence-electron chi connectivity index (χ4n) is 0. The molecule has 0 aromatic rings. The van der Waals surface area contributed by atoms with E-state index in [2.05, 4.69) is 7.05 Å². The number of rotatable bonds is 1. The molecule has 24 valence electrons. The van der Waals surface area contributed by atoms with Crippen molar-refractivity contribution in [1.82, 2.24) is 5.32 Å². The number of carbonyl (C=O) groups is 1. The van der Waals surface area contributed by atoms with Crippen LogP contribution in [0.4, 0.5) is 0 Å². The minimum atomic E-state index is 0. The average molecular weight is 65.0 g/mol. The summed E-state index contributed by atoms with van der Waals surface area (Å²) in [5, 5.41) is 2.00. The number of carbonyl (C=O) groups excluding carboxylic acids is 1. The normalized spacial score (nSPS) is 4.20. The van der Waals surface area contributed by atoms with Crippen molar-refractivity contribution >= 4 is 6.41 Å². The summed E-state index contributed by atoms with van der Waals surface area (Å²) in [6, 6.07) is 0. The molecule has 0 unspecified atom stereocenters. The molecule has 0 aliphatic heterocycles. The Kier molecular flexibility index (Phi) is 16.0. The molecule has 0 aromatic carbocycles. The SMILES string of the molecule is [CH2-]NC=O.[Li+]. The quantitative estimate of drug-likeness (QED) is 0.192. The Morgan fingerprint density at radius 1 is 1.80 bits per heavy atom. The topological polar surface area (TPSA) is 29.1 Å². The fraction of sp³-hybridized carbons (Fsp3) is 0. The van der Waals surface area contributed by atoms with Gasteiger partial charge in [0, 0.05) is 0 Å². The van der Waals surface area contributed by atoms with Crippen LogP contribution >= 0.6 is 0 Å². The third-order valence-corrected chi connectivity index (χ3v) is 0.0833. The van der Waals surface area contributed by atoms with Gasteiger partial charge in [0.15, 0.2) is 6.41 Å². The van der Waals surface area contributed by atoms with Crippen molar-refractivity contribution in [1.29, 1.82) is 0 Å². The third kappa shape index (κ3) is 15.3. The van der Waals surface area contributed by atoms with Crippen molar-refractivity contribution in [2.24, 2.45) is 0 Å². The van der Waals surface area contributed by atoms with E-state index < -0.39 is 0 Å². The number of nitrogens with one attached hydrogen (secondary N) is 1. The molecule has 5 heavy (non-hydrogen) atoms. The van der Waals surface area contributed by atoms with E-state index in [4.69, 9.17) is 4.79 Å². The molecule has 1 N–H and O–H groups in total. The zero-order valence-corrected chi connectivity index (χ0v) is 3.19. The van der Waals surface area contributed by atoms with Crippen LogP contribution in [0.5, 0.6) is 0 Å². The molecule has 0 rings (SSSR count). The Morgan fingerprint density at radius 2 is 2.00 bits per heavy atom. The Labute approximate surface area is 43.1 Å². The van der Waals surface area contributed by atoms with Gasteiger partial charge in [0.05, 0.1) is 0 Å². The first kappa shape index (κ1) is 8.91. The first-order valence-electron chi connectivity index (χ1n) is 0.878. The third-order valence-electron chi connectivity index (χ3n) is 0.0833. The number of amides is 1. The maximum absolute atomic E-state index is 9.00. The maximum atomic E-state index is 9.00. The average Bonchev–Trinajstić information content (AvgIpc) is 1.37. The second kappa shape index (κ2) is 8.95. The van der Waals surface area contributed by atoms with Gasteiger partial charge in [-0.25, -0.2) is 0 Å². The Balaban J connectivity index is 0. The summed E-state index contributed by atoms with van der Waals surface area (Å²) < 4.78 is 0. The fourth-order valence-corrected chi connectivity index (χ4v) is 0. The summed E-state index contributed by atoms with van der Waals surface area (Å²) in [6.07, 6.45) is 0.514. The summed E-state index contributed by atoms with van der Waals surface area (Å²) in [5.74, 6) is 0. The van der Waals surface area contributed by atoms with E-state index in [9.17, 15) is 0 Å². The van der Waals surface area contributed by atoms with Crippen LogP contribution in [0.1, 0.15) is 0 Å². The minimum Gasteiger partial charge on any atom is -0.511 e. The van der Waals surface area contributed by atoms with E-state index in [0.717, 1.165) is 0 Å². The molecule has 0 aromatic heterocycles. The summed E-state index contributed by atoms with van der Waals surface area (Å²) in [4.78, 5) is 9.00. The van der Waals surface area contributed by atoms with Crippen LogP contribution in [0, 0.1) is 7.05 Å². The summed E-state index contributed by atoms with van der Waals surface area (Å²) in [5.41, 5.74) is 0. The van der Waals surface area contributed by atoms with Crippen molar-refractivity contribution < 1.29 is 23.7 Å². The van der Waals surface area contributed by atoms with Crippen LogP contribution in [0.15, 0.2) is 0 Å². The minimum absolute atomic E-state index is 0. The zero-order chi connectivity index (χ0) is 3.41. The molecule has 0 saturated carbocycles. The second-order valence-electron chi connectivity index (χ2n) is 0.322. The van der Waals surface area contributed by atoms with E-state index in [1.807, 2.05) is 5.32 Å². The van der Waals surface area contributed by atoms with Crippen molar-refractivity contribution in [3.63, 3.8) is 0 Å². The van der Waals surface area contributed by atoms with Gasteiger partial charge in [-0.3, -0.25) is 11.8 Å². The molecule has 1 amide bonds. The van der Waals surface area contributed by atoms with E-state index in [0.29, 0.717) is 6.41 Å². The molecule has 0 fully saturated rings. The van der Waals surface area contributed by atoms with Crippen LogP contribution < -0.4 is 24.2 Å². The largest absolute Gasteiger partial charge is 1.00 e. The molecule has 0 aliphatic rings. The van der Waals surface area contributed by atoms with Crippen LogP contribution in [-0.2, 0) is 4.79 Å². The van der Waals surface area contributed by atoms with Crippen molar-refractivity contribution in [2.75, 3.05) is 0 Å².